The molecule has 1 aromatic carbocycles. The highest BCUT2D eigenvalue weighted by Gasteiger charge is 2.62. The van der Waals surface area contributed by atoms with Gasteiger partial charge in [0.25, 0.3) is 0 Å². The topological polar surface area (TPSA) is 44.8 Å². The van der Waals surface area contributed by atoms with Crippen LogP contribution in [0.5, 0.6) is 0 Å². The summed E-state index contributed by atoms with van der Waals surface area (Å²) in [6, 6.07) is 8.52. The van der Waals surface area contributed by atoms with Crippen molar-refractivity contribution < 1.29 is 9.53 Å². The van der Waals surface area contributed by atoms with Gasteiger partial charge in [0.1, 0.15) is 0 Å². The third-order valence-corrected chi connectivity index (χ3v) is 6.46. The van der Waals surface area contributed by atoms with Crippen LogP contribution in [-0.2, 0) is 17.8 Å². The zero-order valence-electron chi connectivity index (χ0n) is 15.3. The first-order chi connectivity index (χ1) is 12.1. The zero-order chi connectivity index (χ0) is 17.4. The molecular weight excluding hydrogens is 314 g/mol. The predicted octanol–water partition coefficient (Wildman–Crippen LogP) is 2.32. The Morgan fingerprint density at radius 3 is 2.48 bits per heavy atom. The highest BCUT2D eigenvalue weighted by atomic mass is 16.5. The van der Waals surface area contributed by atoms with Crippen molar-refractivity contribution in [2.75, 3.05) is 39.4 Å². The molecule has 2 heterocycles. The van der Waals surface area contributed by atoms with E-state index in [4.69, 9.17) is 4.74 Å². The third-order valence-electron chi connectivity index (χ3n) is 6.46. The van der Waals surface area contributed by atoms with Gasteiger partial charge in [0.05, 0.1) is 13.2 Å². The summed E-state index contributed by atoms with van der Waals surface area (Å²) in [4.78, 5) is 16.9. The summed E-state index contributed by atoms with van der Waals surface area (Å²) in [5, 5.41) is 3.13. The molecule has 5 nitrogen and oxygen atoms in total. The standard InChI is InChI=1S/C20H29N3O2/c1-20(2)17-13-23(14-18(17)20)19(24)21-11-15-5-3-4-6-16(15)12-22-7-9-25-10-8-22/h3-6,17-18H,7-14H2,1-2H3,(H,21,24)/t17-,18-/m0/s1. The van der Waals surface area contributed by atoms with Gasteiger partial charge in [-0.05, 0) is 28.4 Å². The summed E-state index contributed by atoms with van der Waals surface area (Å²) in [6.07, 6.45) is 0. The second kappa shape index (κ2) is 6.61. The molecule has 4 rings (SSSR count). The second-order valence-corrected chi connectivity index (χ2v) is 8.26. The lowest BCUT2D eigenvalue weighted by Crippen LogP contribution is -2.40. The van der Waals surface area contributed by atoms with Gasteiger partial charge in [-0.15, -0.1) is 0 Å². The number of carbonyl (C=O) groups is 1. The van der Waals surface area contributed by atoms with Gasteiger partial charge in [-0.3, -0.25) is 4.90 Å². The maximum Gasteiger partial charge on any atom is 0.317 e. The van der Waals surface area contributed by atoms with Crippen LogP contribution >= 0.6 is 0 Å². The largest absolute Gasteiger partial charge is 0.379 e. The lowest BCUT2D eigenvalue weighted by molar-refractivity contribution is 0.0341. The average molecular weight is 343 g/mol. The Bertz CT molecular complexity index is 626. The van der Waals surface area contributed by atoms with Crippen LogP contribution in [0.25, 0.3) is 0 Å². The number of nitrogens with one attached hydrogen (secondary N) is 1. The fourth-order valence-electron chi connectivity index (χ4n) is 4.46. The molecular formula is C20H29N3O2. The maximum absolute atomic E-state index is 12.5. The van der Waals surface area contributed by atoms with Crippen molar-refractivity contribution in [3.63, 3.8) is 0 Å². The van der Waals surface area contributed by atoms with Crippen LogP contribution in [0.3, 0.4) is 0 Å². The number of fused-ring (bicyclic) bond motifs is 1. The van der Waals surface area contributed by atoms with Crippen molar-refractivity contribution in [3.8, 4) is 0 Å². The van der Waals surface area contributed by atoms with Gasteiger partial charge in [0.15, 0.2) is 0 Å². The van der Waals surface area contributed by atoms with Crippen LogP contribution < -0.4 is 5.32 Å². The molecule has 25 heavy (non-hydrogen) atoms. The van der Waals surface area contributed by atoms with Crippen LogP contribution in [0.4, 0.5) is 4.79 Å². The molecule has 0 unspecified atom stereocenters. The van der Waals surface area contributed by atoms with Gasteiger partial charge in [0.2, 0.25) is 0 Å². The quantitative estimate of drug-likeness (QED) is 0.912. The Hall–Kier alpha value is -1.59. The zero-order valence-corrected chi connectivity index (χ0v) is 15.3. The van der Waals surface area contributed by atoms with E-state index < -0.39 is 0 Å². The summed E-state index contributed by atoms with van der Waals surface area (Å²) in [7, 11) is 0. The summed E-state index contributed by atoms with van der Waals surface area (Å²) in [6.45, 7) is 11.6. The first-order valence-corrected chi connectivity index (χ1v) is 9.45. The fraction of sp³-hybridized carbons (Fsp3) is 0.650. The average Bonchev–Trinajstić information content (AvgIpc) is 2.98. The van der Waals surface area contributed by atoms with E-state index in [0.717, 1.165) is 45.9 Å². The number of urea groups is 1. The van der Waals surface area contributed by atoms with Crippen molar-refractivity contribution in [1.29, 1.82) is 0 Å². The second-order valence-electron chi connectivity index (χ2n) is 8.26. The first-order valence-electron chi connectivity index (χ1n) is 9.45. The number of hydrogen-bond acceptors (Lipinski definition) is 3. The highest BCUT2D eigenvalue weighted by molar-refractivity contribution is 5.75. The van der Waals surface area contributed by atoms with Gasteiger partial charge in [-0.25, -0.2) is 4.79 Å². The van der Waals surface area contributed by atoms with E-state index >= 15 is 0 Å². The Kier molecular flexibility index (Phi) is 4.46. The minimum absolute atomic E-state index is 0.0872. The molecule has 0 spiro atoms. The van der Waals surface area contributed by atoms with Gasteiger partial charge < -0.3 is 15.0 Å². The minimum Gasteiger partial charge on any atom is -0.379 e. The van der Waals surface area contributed by atoms with Gasteiger partial charge in [0, 0.05) is 39.3 Å². The number of rotatable bonds is 4. The molecule has 2 amide bonds. The van der Waals surface area contributed by atoms with E-state index in [0.29, 0.717) is 23.8 Å². The molecule has 5 heteroatoms. The lowest BCUT2D eigenvalue weighted by Gasteiger charge is -2.27. The number of ether oxygens (including phenoxy) is 1. The smallest absolute Gasteiger partial charge is 0.317 e. The number of morpholine rings is 1. The molecule has 1 aromatic rings. The summed E-state index contributed by atoms with van der Waals surface area (Å²) < 4.78 is 5.43. The number of benzene rings is 1. The molecule has 2 aliphatic heterocycles. The summed E-state index contributed by atoms with van der Waals surface area (Å²) in [5.41, 5.74) is 2.96. The lowest BCUT2D eigenvalue weighted by atomic mass is 10.1. The molecule has 0 aromatic heterocycles. The van der Waals surface area contributed by atoms with E-state index in [2.05, 4.69) is 48.3 Å². The molecule has 2 atom stereocenters. The fourth-order valence-corrected chi connectivity index (χ4v) is 4.46. The molecule has 3 fully saturated rings. The highest BCUT2D eigenvalue weighted by Crippen LogP contribution is 2.61. The minimum atomic E-state index is 0.0872. The SMILES string of the molecule is CC1(C)[C@H]2CN(C(=O)NCc3ccccc3CN3CCOCC3)C[C@@H]21. The summed E-state index contributed by atoms with van der Waals surface area (Å²) in [5.74, 6) is 1.40. The van der Waals surface area contributed by atoms with Crippen molar-refractivity contribution in [2.24, 2.45) is 17.3 Å². The summed E-state index contributed by atoms with van der Waals surface area (Å²) >= 11 is 0. The molecule has 2 saturated heterocycles. The van der Waals surface area contributed by atoms with E-state index in [1.165, 1.54) is 11.1 Å². The number of amides is 2. The van der Waals surface area contributed by atoms with Crippen LogP contribution in [0.15, 0.2) is 24.3 Å². The molecule has 1 N–H and O–H groups in total. The molecule has 136 valence electrons. The van der Waals surface area contributed by atoms with Gasteiger partial charge in [-0.1, -0.05) is 38.1 Å². The van der Waals surface area contributed by atoms with Crippen LogP contribution in [-0.4, -0.2) is 55.2 Å². The van der Waals surface area contributed by atoms with Crippen LogP contribution in [0, 0.1) is 17.3 Å². The number of likely N-dealkylation sites (tertiary alicyclic amines) is 1. The van der Waals surface area contributed by atoms with E-state index in [1.54, 1.807) is 0 Å². The third kappa shape index (κ3) is 3.40. The Balaban J connectivity index is 1.31. The molecule has 0 radical (unpaired) electrons. The number of nitrogens with zero attached hydrogens (tertiary/aromatic N) is 2. The molecule has 3 aliphatic rings. The van der Waals surface area contributed by atoms with Crippen LogP contribution in [0.2, 0.25) is 0 Å². The Morgan fingerprint density at radius 2 is 1.80 bits per heavy atom. The maximum atomic E-state index is 12.5. The number of carbonyl (C=O) groups excluding carboxylic acids is 1. The van der Waals surface area contributed by atoms with Crippen molar-refractivity contribution in [3.05, 3.63) is 35.4 Å². The van der Waals surface area contributed by atoms with Crippen molar-refractivity contribution in [1.82, 2.24) is 15.1 Å². The van der Waals surface area contributed by atoms with Gasteiger partial charge >= 0.3 is 6.03 Å². The monoisotopic (exact) mass is 343 g/mol. The van der Waals surface area contributed by atoms with Crippen molar-refractivity contribution >= 4 is 6.03 Å². The van der Waals surface area contributed by atoms with E-state index in [-0.39, 0.29) is 6.03 Å². The van der Waals surface area contributed by atoms with Gasteiger partial charge in [-0.2, -0.15) is 0 Å². The first kappa shape index (κ1) is 16.9. The molecule has 1 aliphatic carbocycles. The van der Waals surface area contributed by atoms with Crippen LogP contribution in [0.1, 0.15) is 25.0 Å². The normalized spacial score (nSPS) is 27.8. The van der Waals surface area contributed by atoms with Crippen molar-refractivity contribution in [2.45, 2.75) is 26.9 Å². The Morgan fingerprint density at radius 1 is 1.16 bits per heavy atom. The number of piperidine rings is 1. The molecule has 0 bridgehead atoms. The number of hydrogen-bond donors (Lipinski definition) is 1. The van der Waals surface area contributed by atoms with E-state index in [1.807, 2.05) is 4.90 Å². The predicted molar refractivity (Wildman–Crippen MR) is 97.1 cm³/mol. The van der Waals surface area contributed by atoms with E-state index in [9.17, 15) is 4.79 Å². The Labute approximate surface area is 150 Å². The molecule has 1 saturated carbocycles.